The average Bonchev–Trinajstić information content (AvgIpc) is 2.23. The van der Waals surface area contributed by atoms with Gasteiger partial charge in [0.25, 0.3) is 0 Å². The van der Waals surface area contributed by atoms with E-state index in [1.165, 1.54) is 6.07 Å². The van der Waals surface area contributed by atoms with Crippen LogP contribution in [0.2, 0.25) is 5.02 Å². The third kappa shape index (κ3) is 2.24. The monoisotopic (exact) mass is 228 g/mol. The zero-order valence-corrected chi connectivity index (χ0v) is 9.39. The molecule has 1 heterocycles. The molecule has 1 aromatic rings. The summed E-state index contributed by atoms with van der Waals surface area (Å²) in [6.45, 7) is 4.99. The summed E-state index contributed by atoms with van der Waals surface area (Å²) >= 11 is 5.76. The fourth-order valence-corrected chi connectivity index (χ4v) is 2.06. The molecule has 1 fully saturated rings. The first-order chi connectivity index (χ1) is 7.18. The maximum atomic E-state index is 13.0. The molecule has 4 heteroatoms. The minimum absolute atomic E-state index is 0.193. The summed E-state index contributed by atoms with van der Waals surface area (Å²) in [6.07, 6.45) is 0. The summed E-state index contributed by atoms with van der Waals surface area (Å²) in [7, 11) is 0. The molecule has 1 aromatic carbocycles. The smallest absolute Gasteiger partial charge is 0.141 e. The Balaban J connectivity index is 2.24. The van der Waals surface area contributed by atoms with E-state index >= 15 is 0 Å². The van der Waals surface area contributed by atoms with Crippen LogP contribution in [0.25, 0.3) is 0 Å². The Morgan fingerprint density at radius 1 is 1.53 bits per heavy atom. The molecule has 1 N–H and O–H groups in total. The second-order valence-corrected chi connectivity index (χ2v) is 4.25. The predicted molar refractivity (Wildman–Crippen MR) is 61.1 cm³/mol. The summed E-state index contributed by atoms with van der Waals surface area (Å²) in [6, 6.07) is 5.31. The summed E-state index contributed by atoms with van der Waals surface area (Å²) in [5.74, 6) is -0.358. The number of anilines is 1. The molecule has 15 heavy (non-hydrogen) atoms. The lowest BCUT2D eigenvalue weighted by Crippen LogP contribution is -2.49. The Morgan fingerprint density at radius 2 is 2.33 bits per heavy atom. The first-order valence-electron chi connectivity index (χ1n) is 5.11. The van der Waals surface area contributed by atoms with E-state index < -0.39 is 0 Å². The van der Waals surface area contributed by atoms with Crippen LogP contribution in [0.1, 0.15) is 6.92 Å². The number of hydrogen-bond donors (Lipinski definition) is 1. The number of piperazine rings is 1. The van der Waals surface area contributed by atoms with Crippen LogP contribution < -0.4 is 10.2 Å². The van der Waals surface area contributed by atoms with Crippen LogP contribution in [0.15, 0.2) is 18.2 Å². The number of hydrogen-bond acceptors (Lipinski definition) is 2. The molecule has 0 spiro atoms. The number of halogens is 2. The van der Waals surface area contributed by atoms with Gasteiger partial charge in [0.1, 0.15) is 5.82 Å². The molecule has 0 amide bonds. The largest absolute Gasteiger partial charge is 0.366 e. The van der Waals surface area contributed by atoms with Crippen LogP contribution in [0, 0.1) is 5.82 Å². The third-order valence-electron chi connectivity index (χ3n) is 2.74. The van der Waals surface area contributed by atoms with Gasteiger partial charge in [-0.25, -0.2) is 4.39 Å². The Hall–Kier alpha value is -0.800. The van der Waals surface area contributed by atoms with Gasteiger partial charge in [-0.05, 0) is 25.1 Å². The molecular formula is C11H14ClFN2. The normalized spacial score (nSPS) is 21.8. The van der Waals surface area contributed by atoms with Crippen molar-refractivity contribution in [2.45, 2.75) is 13.0 Å². The van der Waals surface area contributed by atoms with Gasteiger partial charge in [0.05, 0.1) is 5.02 Å². The molecule has 1 aliphatic heterocycles. The van der Waals surface area contributed by atoms with Crippen LogP contribution >= 0.6 is 11.6 Å². The molecule has 1 aliphatic rings. The van der Waals surface area contributed by atoms with Crippen LogP contribution in [-0.4, -0.2) is 25.7 Å². The van der Waals surface area contributed by atoms with Gasteiger partial charge in [0.2, 0.25) is 0 Å². The van der Waals surface area contributed by atoms with E-state index in [0.29, 0.717) is 6.04 Å². The maximum absolute atomic E-state index is 13.0. The molecule has 0 aliphatic carbocycles. The number of rotatable bonds is 1. The molecule has 1 atom stereocenters. The maximum Gasteiger partial charge on any atom is 0.141 e. The fourth-order valence-electron chi connectivity index (χ4n) is 1.89. The SMILES string of the molecule is C[C@@H]1CNCCN1c1ccc(F)c(Cl)c1. The Bertz CT molecular complexity index is 356. The molecule has 0 aromatic heterocycles. The second kappa shape index (κ2) is 4.37. The highest BCUT2D eigenvalue weighted by Gasteiger charge is 2.18. The lowest BCUT2D eigenvalue weighted by molar-refractivity contribution is 0.500. The Kier molecular flexibility index (Phi) is 3.12. The molecule has 1 saturated heterocycles. The van der Waals surface area contributed by atoms with Crippen molar-refractivity contribution in [3.63, 3.8) is 0 Å². The van der Waals surface area contributed by atoms with Gasteiger partial charge in [-0.2, -0.15) is 0 Å². The van der Waals surface area contributed by atoms with Gasteiger partial charge < -0.3 is 10.2 Å². The summed E-state index contributed by atoms with van der Waals surface area (Å²) in [5, 5.41) is 3.50. The molecule has 0 radical (unpaired) electrons. The van der Waals surface area contributed by atoms with Crippen molar-refractivity contribution in [3.8, 4) is 0 Å². The quantitative estimate of drug-likeness (QED) is 0.794. The number of nitrogens with one attached hydrogen (secondary N) is 1. The topological polar surface area (TPSA) is 15.3 Å². The van der Waals surface area contributed by atoms with Crippen molar-refractivity contribution in [2.24, 2.45) is 0 Å². The van der Waals surface area contributed by atoms with E-state index in [-0.39, 0.29) is 10.8 Å². The van der Waals surface area contributed by atoms with Gasteiger partial charge in [0.15, 0.2) is 0 Å². The van der Waals surface area contributed by atoms with E-state index in [1.54, 1.807) is 12.1 Å². The van der Waals surface area contributed by atoms with E-state index in [9.17, 15) is 4.39 Å². The zero-order valence-electron chi connectivity index (χ0n) is 8.63. The fraction of sp³-hybridized carbons (Fsp3) is 0.455. The minimum atomic E-state index is -0.358. The zero-order chi connectivity index (χ0) is 10.8. The molecule has 2 rings (SSSR count). The molecule has 0 unspecified atom stereocenters. The van der Waals surface area contributed by atoms with Crippen molar-refractivity contribution < 1.29 is 4.39 Å². The van der Waals surface area contributed by atoms with Crippen molar-refractivity contribution in [1.82, 2.24) is 5.32 Å². The van der Waals surface area contributed by atoms with Gasteiger partial charge in [-0.1, -0.05) is 11.6 Å². The molecule has 0 bridgehead atoms. The summed E-state index contributed by atoms with van der Waals surface area (Å²) < 4.78 is 13.0. The Morgan fingerprint density at radius 3 is 3.00 bits per heavy atom. The lowest BCUT2D eigenvalue weighted by atomic mass is 10.2. The van der Waals surface area contributed by atoms with Gasteiger partial charge >= 0.3 is 0 Å². The van der Waals surface area contributed by atoms with Crippen LogP contribution in [-0.2, 0) is 0 Å². The van der Waals surface area contributed by atoms with Crippen LogP contribution in [0.3, 0.4) is 0 Å². The first-order valence-corrected chi connectivity index (χ1v) is 5.48. The third-order valence-corrected chi connectivity index (χ3v) is 3.03. The van der Waals surface area contributed by atoms with E-state index in [4.69, 9.17) is 11.6 Å². The average molecular weight is 229 g/mol. The molecule has 0 saturated carbocycles. The number of nitrogens with zero attached hydrogens (tertiary/aromatic N) is 1. The molecular weight excluding hydrogens is 215 g/mol. The standard InChI is InChI=1S/C11H14ClFN2/c1-8-7-14-4-5-15(8)9-2-3-11(13)10(12)6-9/h2-3,6,8,14H,4-5,7H2,1H3/t8-/m1/s1. The summed E-state index contributed by atoms with van der Waals surface area (Å²) in [5.41, 5.74) is 0.996. The highest BCUT2D eigenvalue weighted by atomic mass is 35.5. The highest BCUT2D eigenvalue weighted by molar-refractivity contribution is 6.31. The van der Waals surface area contributed by atoms with Crippen LogP contribution in [0.4, 0.5) is 10.1 Å². The first kappa shape index (κ1) is 10.7. The van der Waals surface area contributed by atoms with E-state index in [1.807, 2.05) is 0 Å². The van der Waals surface area contributed by atoms with Crippen molar-refractivity contribution >= 4 is 17.3 Å². The van der Waals surface area contributed by atoms with Crippen LogP contribution in [0.5, 0.6) is 0 Å². The van der Waals surface area contributed by atoms with Gasteiger partial charge in [0, 0.05) is 31.4 Å². The van der Waals surface area contributed by atoms with Crippen molar-refractivity contribution in [2.75, 3.05) is 24.5 Å². The molecule has 2 nitrogen and oxygen atoms in total. The van der Waals surface area contributed by atoms with Crippen molar-refractivity contribution in [1.29, 1.82) is 0 Å². The highest BCUT2D eigenvalue weighted by Crippen LogP contribution is 2.24. The second-order valence-electron chi connectivity index (χ2n) is 3.84. The minimum Gasteiger partial charge on any atom is -0.366 e. The lowest BCUT2D eigenvalue weighted by Gasteiger charge is -2.36. The van der Waals surface area contributed by atoms with Crippen molar-refractivity contribution in [3.05, 3.63) is 29.0 Å². The molecule has 82 valence electrons. The van der Waals surface area contributed by atoms with Gasteiger partial charge in [-0.3, -0.25) is 0 Å². The Labute approximate surface area is 94.0 Å². The summed E-state index contributed by atoms with van der Waals surface area (Å²) in [4.78, 5) is 2.24. The van der Waals surface area contributed by atoms with E-state index in [2.05, 4.69) is 17.1 Å². The van der Waals surface area contributed by atoms with Gasteiger partial charge in [-0.15, -0.1) is 0 Å². The van der Waals surface area contributed by atoms with E-state index in [0.717, 1.165) is 25.3 Å². The number of benzene rings is 1. The predicted octanol–water partition coefficient (Wildman–Crippen LogP) is 2.28.